The van der Waals surface area contributed by atoms with Crippen molar-refractivity contribution >= 4 is 6.09 Å². The van der Waals surface area contributed by atoms with Crippen LogP contribution in [0.15, 0.2) is 11.6 Å². The molecule has 0 aromatic carbocycles. The van der Waals surface area contributed by atoms with Gasteiger partial charge in [0.1, 0.15) is 5.60 Å². The first-order valence-electron chi connectivity index (χ1n) is 7.08. The topological polar surface area (TPSA) is 29.5 Å². The highest BCUT2D eigenvalue weighted by Crippen LogP contribution is 2.19. The summed E-state index contributed by atoms with van der Waals surface area (Å²) < 4.78 is 5.31. The van der Waals surface area contributed by atoms with Gasteiger partial charge in [-0.3, -0.25) is 0 Å². The molecule has 1 rings (SSSR count). The van der Waals surface area contributed by atoms with Gasteiger partial charge in [0.2, 0.25) is 0 Å². The van der Waals surface area contributed by atoms with Crippen LogP contribution >= 0.6 is 0 Å². The molecule has 0 atom stereocenters. The first-order chi connectivity index (χ1) is 8.42. The summed E-state index contributed by atoms with van der Waals surface area (Å²) in [7, 11) is 0. The minimum absolute atomic E-state index is 0.189. The van der Waals surface area contributed by atoms with Gasteiger partial charge >= 0.3 is 6.09 Å². The monoisotopic (exact) mass is 253 g/mol. The van der Waals surface area contributed by atoms with Gasteiger partial charge in [-0.05, 0) is 39.2 Å². The largest absolute Gasteiger partial charge is 0.444 e. The SMILES string of the molecule is CCCCCCC=C1CN(C(=O)OC(C)(C)C)C1. The summed E-state index contributed by atoms with van der Waals surface area (Å²) in [6, 6.07) is 0. The van der Waals surface area contributed by atoms with E-state index in [2.05, 4.69) is 13.0 Å². The van der Waals surface area contributed by atoms with E-state index in [-0.39, 0.29) is 6.09 Å². The number of amides is 1. The lowest BCUT2D eigenvalue weighted by Gasteiger charge is -2.35. The number of likely N-dealkylation sites (tertiary alicyclic amines) is 1. The number of hydrogen-bond donors (Lipinski definition) is 0. The molecule has 0 aromatic rings. The molecule has 0 radical (unpaired) electrons. The zero-order valence-electron chi connectivity index (χ0n) is 12.3. The highest BCUT2D eigenvalue weighted by atomic mass is 16.6. The van der Waals surface area contributed by atoms with Gasteiger partial charge in [0.05, 0.1) is 0 Å². The van der Waals surface area contributed by atoms with Crippen molar-refractivity contribution in [1.82, 2.24) is 4.90 Å². The molecule has 0 spiro atoms. The van der Waals surface area contributed by atoms with Crippen LogP contribution in [-0.4, -0.2) is 29.7 Å². The molecule has 0 aromatic heterocycles. The molecule has 1 aliphatic heterocycles. The molecule has 1 aliphatic rings. The van der Waals surface area contributed by atoms with Gasteiger partial charge in [0, 0.05) is 13.1 Å². The lowest BCUT2D eigenvalue weighted by Crippen LogP contribution is -2.46. The van der Waals surface area contributed by atoms with Crippen molar-refractivity contribution in [3.8, 4) is 0 Å². The van der Waals surface area contributed by atoms with Gasteiger partial charge in [-0.25, -0.2) is 4.79 Å². The van der Waals surface area contributed by atoms with Crippen LogP contribution in [0.2, 0.25) is 0 Å². The summed E-state index contributed by atoms with van der Waals surface area (Å²) >= 11 is 0. The maximum atomic E-state index is 11.7. The van der Waals surface area contributed by atoms with E-state index in [9.17, 15) is 4.79 Å². The first kappa shape index (κ1) is 15.1. The zero-order valence-corrected chi connectivity index (χ0v) is 12.3. The van der Waals surface area contributed by atoms with E-state index < -0.39 is 5.60 Å². The highest BCUT2D eigenvalue weighted by Gasteiger charge is 2.28. The molecule has 104 valence electrons. The fourth-order valence-electron chi connectivity index (χ4n) is 1.91. The number of hydrogen-bond acceptors (Lipinski definition) is 2. The van der Waals surface area contributed by atoms with Gasteiger partial charge in [0.25, 0.3) is 0 Å². The van der Waals surface area contributed by atoms with Gasteiger partial charge in [0.15, 0.2) is 0 Å². The lowest BCUT2D eigenvalue weighted by atomic mass is 10.1. The Morgan fingerprint density at radius 3 is 2.50 bits per heavy atom. The average molecular weight is 253 g/mol. The second kappa shape index (κ2) is 6.81. The van der Waals surface area contributed by atoms with E-state index in [1.165, 1.54) is 31.3 Å². The van der Waals surface area contributed by atoms with Crippen molar-refractivity contribution in [2.45, 2.75) is 65.4 Å². The molecule has 0 aliphatic carbocycles. The third kappa shape index (κ3) is 5.56. The molecule has 0 N–H and O–H groups in total. The number of allylic oxidation sites excluding steroid dienone is 1. The second-order valence-electron chi connectivity index (χ2n) is 6.05. The van der Waals surface area contributed by atoms with Crippen LogP contribution in [0.3, 0.4) is 0 Å². The number of rotatable bonds is 5. The summed E-state index contributed by atoms with van der Waals surface area (Å²) in [4.78, 5) is 13.4. The molecule has 3 heteroatoms. The molecule has 0 bridgehead atoms. The molecule has 18 heavy (non-hydrogen) atoms. The summed E-state index contributed by atoms with van der Waals surface area (Å²) in [6.07, 6.45) is 8.44. The Kier molecular flexibility index (Phi) is 5.70. The van der Waals surface area contributed by atoms with Crippen molar-refractivity contribution in [2.75, 3.05) is 13.1 Å². The summed E-state index contributed by atoms with van der Waals surface area (Å²) in [5, 5.41) is 0. The molecular weight excluding hydrogens is 226 g/mol. The van der Waals surface area contributed by atoms with Crippen molar-refractivity contribution in [1.29, 1.82) is 0 Å². The minimum Gasteiger partial charge on any atom is -0.444 e. The molecule has 0 saturated carbocycles. The summed E-state index contributed by atoms with van der Waals surface area (Å²) in [6.45, 7) is 9.42. The van der Waals surface area contributed by atoms with E-state index in [4.69, 9.17) is 4.74 Å². The molecule has 1 amide bonds. The van der Waals surface area contributed by atoms with Crippen molar-refractivity contribution in [2.24, 2.45) is 0 Å². The van der Waals surface area contributed by atoms with E-state index in [1.807, 2.05) is 20.8 Å². The van der Waals surface area contributed by atoms with Crippen LogP contribution < -0.4 is 0 Å². The Bertz CT molecular complexity index is 294. The van der Waals surface area contributed by atoms with Crippen molar-refractivity contribution in [3.05, 3.63) is 11.6 Å². The second-order valence-corrected chi connectivity index (χ2v) is 6.05. The third-order valence-corrected chi connectivity index (χ3v) is 2.93. The molecular formula is C15H27NO2. The predicted octanol–water partition coefficient (Wildman–Crippen LogP) is 4.13. The lowest BCUT2D eigenvalue weighted by molar-refractivity contribution is 0.0213. The van der Waals surface area contributed by atoms with E-state index in [0.29, 0.717) is 0 Å². The van der Waals surface area contributed by atoms with Crippen molar-refractivity contribution < 1.29 is 9.53 Å². The Balaban J connectivity index is 2.15. The van der Waals surface area contributed by atoms with Gasteiger partial charge in [-0.1, -0.05) is 32.3 Å². The maximum absolute atomic E-state index is 11.7. The quantitative estimate of drug-likeness (QED) is 0.544. The number of carbonyl (C=O) groups is 1. The van der Waals surface area contributed by atoms with Crippen LogP contribution in [0.5, 0.6) is 0 Å². The van der Waals surface area contributed by atoms with Crippen LogP contribution in [0.4, 0.5) is 4.79 Å². The Morgan fingerprint density at radius 1 is 1.28 bits per heavy atom. The number of ether oxygens (including phenoxy) is 1. The Hall–Kier alpha value is -0.990. The van der Waals surface area contributed by atoms with Crippen LogP contribution in [0, 0.1) is 0 Å². The maximum Gasteiger partial charge on any atom is 0.410 e. The van der Waals surface area contributed by atoms with Gasteiger partial charge in [-0.15, -0.1) is 0 Å². The van der Waals surface area contributed by atoms with Crippen LogP contribution in [0.25, 0.3) is 0 Å². The predicted molar refractivity (Wildman–Crippen MR) is 74.6 cm³/mol. The summed E-state index contributed by atoms with van der Waals surface area (Å²) in [5.41, 5.74) is 0.980. The Morgan fingerprint density at radius 2 is 1.94 bits per heavy atom. The normalized spacial score (nSPS) is 15.3. The summed E-state index contributed by atoms with van der Waals surface area (Å²) in [5.74, 6) is 0. The van der Waals surface area contributed by atoms with E-state index in [0.717, 1.165) is 19.5 Å². The fourth-order valence-corrected chi connectivity index (χ4v) is 1.91. The molecule has 1 heterocycles. The Labute approximate surface area is 111 Å². The van der Waals surface area contributed by atoms with Gasteiger partial charge in [-0.2, -0.15) is 0 Å². The number of nitrogens with zero attached hydrogens (tertiary/aromatic N) is 1. The molecule has 1 saturated heterocycles. The zero-order chi connectivity index (χ0) is 13.6. The molecule has 0 unspecified atom stereocenters. The number of carbonyl (C=O) groups excluding carboxylic acids is 1. The minimum atomic E-state index is -0.392. The van der Waals surface area contributed by atoms with Crippen molar-refractivity contribution in [3.63, 3.8) is 0 Å². The van der Waals surface area contributed by atoms with E-state index >= 15 is 0 Å². The number of unbranched alkanes of at least 4 members (excludes halogenated alkanes) is 4. The third-order valence-electron chi connectivity index (χ3n) is 2.93. The fraction of sp³-hybridized carbons (Fsp3) is 0.800. The van der Waals surface area contributed by atoms with E-state index in [1.54, 1.807) is 4.90 Å². The first-order valence-corrected chi connectivity index (χ1v) is 7.08. The molecule has 3 nitrogen and oxygen atoms in total. The van der Waals surface area contributed by atoms with Gasteiger partial charge < -0.3 is 9.64 Å². The standard InChI is InChI=1S/C15H27NO2/c1-5-6-7-8-9-10-13-11-16(12-13)14(17)18-15(2,3)4/h10H,5-9,11-12H2,1-4H3. The molecule has 1 fully saturated rings. The average Bonchev–Trinajstić information content (AvgIpc) is 2.17. The smallest absolute Gasteiger partial charge is 0.410 e. The van der Waals surface area contributed by atoms with Crippen LogP contribution in [0.1, 0.15) is 59.8 Å². The van der Waals surface area contributed by atoms with Crippen LogP contribution in [-0.2, 0) is 4.74 Å². The highest BCUT2D eigenvalue weighted by molar-refractivity contribution is 5.70.